The van der Waals surface area contributed by atoms with Crippen molar-refractivity contribution in [2.75, 3.05) is 0 Å². The van der Waals surface area contributed by atoms with Gasteiger partial charge in [0.25, 0.3) is 0 Å². The van der Waals surface area contributed by atoms with Gasteiger partial charge in [-0.3, -0.25) is 0 Å². The van der Waals surface area contributed by atoms with Gasteiger partial charge in [-0.05, 0) is 44.2 Å². The van der Waals surface area contributed by atoms with Gasteiger partial charge in [-0.1, -0.05) is 0 Å². The van der Waals surface area contributed by atoms with Gasteiger partial charge in [0.1, 0.15) is 5.82 Å². The summed E-state index contributed by atoms with van der Waals surface area (Å²) in [5.74, 6) is -1.14. The molecule has 1 aromatic carbocycles. The van der Waals surface area contributed by atoms with E-state index in [9.17, 15) is 14.3 Å². The first kappa shape index (κ1) is 14.0. The van der Waals surface area contributed by atoms with Crippen molar-refractivity contribution in [1.29, 1.82) is 0 Å². The number of carbonyl (C=O) groups is 1. The van der Waals surface area contributed by atoms with Gasteiger partial charge in [-0.15, -0.1) is 0 Å². The van der Waals surface area contributed by atoms with Crippen molar-refractivity contribution in [3.05, 3.63) is 47.8 Å². The molecule has 1 heterocycles. The third-order valence-electron chi connectivity index (χ3n) is 2.57. The quantitative estimate of drug-likeness (QED) is 0.929. The molecule has 0 aliphatic rings. The SMILES string of the molecule is CC(C)Oc1ccc(C(=O)O)c(-c2ccc(F)cc2)n1. The fraction of sp³-hybridized carbons (Fsp3) is 0.200. The second-order valence-electron chi connectivity index (χ2n) is 4.52. The van der Waals surface area contributed by atoms with Gasteiger partial charge >= 0.3 is 5.97 Å². The molecule has 1 N–H and O–H groups in total. The van der Waals surface area contributed by atoms with Crippen LogP contribution in [0.3, 0.4) is 0 Å². The Hall–Kier alpha value is -2.43. The molecule has 20 heavy (non-hydrogen) atoms. The zero-order valence-electron chi connectivity index (χ0n) is 11.1. The Morgan fingerprint density at radius 1 is 1.20 bits per heavy atom. The first-order valence-electron chi connectivity index (χ1n) is 6.14. The van der Waals surface area contributed by atoms with Crippen LogP contribution in [0.15, 0.2) is 36.4 Å². The van der Waals surface area contributed by atoms with E-state index >= 15 is 0 Å². The van der Waals surface area contributed by atoms with Crippen LogP contribution in [0.25, 0.3) is 11.3 Å². The van der Waals surface area contributed by atoms with Crippen molar-refractivity contribution >= 4 is 5.97 Å². The lowest BCUT2D eigenvalue weighted by Crippen LogP contribution is -2.09. The minimum atomic E-state index is -1.09. The van der Waals surface area contributed by atoms with Crippen LogP contribution in [0.2, 0.25) is 0 Å². The number of aromatic carboxylic acids is 1. The van der Waals surface area contributed by atoms with Crippen LogP contribution in [0, 0.1) is 5.82 Å². The molecule has 1 aromatic heterocycles. The number of hydrogen-bond donors (Lipinski definition) is 1. The molecule has 104 valence electrons. The van der Waals surface area contributed by atoms with Crippen LogP contribution in [0.4, 0.5) is 4.39 Å². The molecule has 2 aromatic rings. The molecule has 0 amide bonds. The summed E-state index contributed by atoms with van der Waals surface area (Å²) >= 11 is 0. The molecule has 5 heteroatoms. The second-order valence-corrected chi connectivity index (χ2v) is 4.52. The molecule has 0 spiro atoms. The van der Waals surface area contributed by atoms with Gasteiger partial charge in [0.2, 0.25) is 5.88 Å². The Morgan fingerprint density at radius 3 is 2.40 bits per heavy atom. The molecular formula is C15H14FNO3. The number of nitrogens with zero attached hydrogens (tertiary/aromatic N) is 1. The van der Waals surface area contributed by atoms with E-state index in [2.05, 4.69) is 4.98 Å². The Bertz CT molecular complexity index is 624. The summed E-state index contributed by atoms with van der Waals surface area (Å²) < 4.78 is 18.4. The second kappa shape index (κ2) is 5.69. The maximum atomic E-state index is 13.0. The van der Waals surface area contributed by atoms with Crippen molar-refractivity contribution in [1.82, 2.24) is 4.98 Å². The highest BCUT2D eigenvalue weighted by atomic mass is 19.1. The largest absolute Gasteiger partial charge is 0.478 e. The highest BCUT2D eigenvalue weighted by Gasteiger charge is 2.15. The van der Waals surface area contributed by atoms with E-state index in [0.717, 1.165) is 0 Å². The average Bonchev–Trinajstić information content (AvgIpc) is 2.38. The number of halogens is 1. The van der Waals surface area contributed by atoms with Crippen LogP contribution >= 0.6 is 0 Å². The Balaban J connectivity index is 2.51. The Kier molecular flexibility index (Phi) is 3.98. The topological polar surface area (TPSA) is 59.4 Å². The van der Waals surface area contributed by atoms with Gasteiger partial charge in [0, 0.05) is 11.6 Å². The van der Waals surface area contributed by atoms with Gasteiger partial charge in [0.15, 0.2) is 0 Å². The number of carboxylic acid groups (broad SMARTS) is 1. The number of carboxylic acids is 1. The van der Waals surface area contributed by atoms with Crippen molar-refractivity contribution < 1.29 is 19.0 Å². The Labute approximate surface area is 115 Å². The van der Waals surface area contributed by atoms with E-state index in [1.165, 1.54) is 36.4 Å². The molecule has 0 aliphatic heterocycles. The van der Waals surface area contributed by atoms with Crippen LogP contribution in [-0.2, 0) is 0 Å². The maximum absolute atomic E-state index is 13.0. The minimum absolute atomic E-state index is 0.0488. The lowest BCUT2D eigenvalue weighted by atomic mass is 10.1. The molecule has 0 unspecified atom stereocenters. The number of rotatable bonds is 4. The summed E-state index contributed by atoms with van der Waals surface area (Å²) in [5.41, 5.74) is 0.835. The molecule has 4 nitrogen and oxygen atoms in total. The molecule has 2 rings (SSSR count). The fourth-order valence-corrected chi connectivity index (χ4v) is 1.75. The van der Waals surface area contributed by atoms with Crippen LogP contribution in [-0.4, -0.2) is 22.2 Å². The molecule has 0 saturated heterocycles. The Morgan fingerprint density at radius 2 is 1.85 bits per heavy atom. The van der Waals surface area contributed by atoms with Crippen molar-refractivity contribution in [2.45, 2.75) is 20.0 Å². The van der Waals surface area contributed by atoms with Gasteiger partial charge in [-0.2, -0.15) is 0 Å². The lowest BCUT2D eigenvalue weighted by Gasteiger charge is -2.11. The van der Waals surface area contributed by atoms with Crippen molar-refractivity contribution in [3.63, 3.8) is 0 Å². The summed E-state index contributed by atoms with van der Waals surface area (Å²) in [6.45, 7) is 3.70. The van der Waals surface area contributed by atoms with E-state index < -0.39 is 5.97 Å². The predicted octanol–water partition coefficient (Wildman–Crippen LogP) is 3.37. The van der Waals surface area contributed by atoms with E-state index in [1.807, 2.05) is 13.8 Å². The predicted molar refractivity (Wildman–Crippen MR) is 72.4 cm³/mol. The number of aromatic nitrogens is 1. The highest BCUT2D eigenvalue weighted by Crippen LogP contribution is 2.25. The summed E-state index contributed by atoms with van der Waals surface area (Å²) in [5, 5.41) is 9.20. The van der Waals surface area contributed by atoms with Gasteiger partial charge in [-0.25, -0.2) is 14.2 Å². The third kappa shape index (κ3) is 3.12. The van der Waals surface area contributed by atoms with E-state index in [0.29, 0.717) is 11.4 Å². The van der Waals surface area contributed by atoms with Gasteiger partial charge in [0.05, 0.1) is 17.4 Å². The molecule has 0 bridgehead atoms. The minimum Gasteiger partial charge on any atom is -0.478 e. The smallest absolute Gasteiger partial charge is 0.337 e. The van der Waals surface area contributed by atoms with Crippen LogP contribution < -0.4 is 4.74 Å². The number of hydrogen-bond acceptors (Lipinski definition) is 3. The van der Waals surface area contributed by atoms with Gasteiger partial charge < -0.3 is 9.84 Å². The first-order valence-corrected chi connectivity index (χ1v) is 6.14. The van der Waals surface area contributed by atoms with Crippen LogP contribution in [0.5, 0.6) is 5.88 Å². The van der Waals surface area contributed by atoms with E-state index in [1.54, 1.807) is 0 Å². The molecular weight excluding hydrogens is 261 g/mol. The van der Waals surface area contributed by atoms with Crippen molar-refractivity contribution in [2.24, 2.45) is 0 Å². The molecule has 0 atom stereocenters. The number of ether oxygens (including phenoxy) is 1. The van der Waals surface area contributed by atoms with Crippen molar-refractivity contribution in [3.8, 4) is 17.1 Å². The molecule has 0 saturated carbocycles. The molecule has 0 fully saturated rings. The molecule has 0 aliphatic carbocycles. The summed E-state index contributed by atoms with van der Waals surface area (Å²) in [4.78, 5) is 15.4. The average molecular weight is 275 g/mol. The van der Waals surface area contributed by atoms with E-state index in [-0.39, 0.29) is 23.2 Å². The summed E-state index contributed by atoms with van der Waals surface area (Å²) in [6, 6.07) is 8.45. The first-order chi connectivity index (χ1) is 9.47. The normalized spacial score (nSPS) is 10.6. The zero-order chi connectivity index (χ0) is 14.7. The third-order valence-corrected chi connectivity index (χ3v) is 2.57. The standard InChI is InChI=1S/C15H14FNO3/c1-9(2)20-13-8-7-12(15(18)19)14(17-13)10-3-5-11(16)6-4-10/h3-9H,1-2H3,(H,18,19). The van der Waals surface area contributed by atoms with Crippen LogP contribution in [0.1, 0.15) is 24.2 Å². The lowest BCUT2D eigenvalue weighted by molar-refractivity contribution is 0.0697. The monoisotopic (exact) mass is 275 g/mol. The fourth-order valence-electron chi connectivity index (χ4n) is 1.75. The highest BCUT2D eigenvalue weighted by molar-refractivity contribution is 5.94. The number of benzene rings is 1. The summed E-state index contributed by atoms with van der Waals surface area (Å²) in [7, 11) is 0. The summed E-state index contributed by atoms with van der Waals surface area (Å²) in [6.07, 6.45) is -0.0701. The van der Waals surface area contributed by atoms with E-state index in [4.69, 9.17) is 4.74 Å². The zero-order valence-corrected chi connectivity index (χ0v) is 11.1. The number of pyridine rings is 1. The maximum Gasteiger partial charge on any atom is 0.337 e. The molecule has 0 radical (unpaired) electrons.